The summed E-state index contributed by atoms with van der Waals surface area (Å²) in [4.78, 5) is 0.0936. The zero-order chi connectivity index (χ0) is 13.8. The lowest BCUT2D eigenvalue weighted by molar-refractivity contribution is 0.536. The van der Waals surface area contributed by atoms with Crippen LogP contribution in [0.25, 0.3) is 0 Å². The summed E-state index contributed by atoms with van der Waals surface area (Å²) in [6, 6.07) is 4.75. The van der Waals surface area contributed by atoms with Crippen LogP contribution in [0.15, 0.2) is 27.6 Å². The summed E-state index contributed by atoms with van der Waals surface area (Å²) in [5.74, 6) is 0. The van der Waals surface area contributed by atoms with Gasteiger partial charge in [-0.2, -0.15) is 0 Å². The third-order valence-corrected chi connectivity index (χ3v) is 4.72. The first kappa shape index (κ1) is 19.1. The molecule has 0 fully saturated rings. The molecule has 0 aliphatic carbocycles. The van der Waals surface area contributed by atoms with Gasteiger partial charge in [0.1, 0.15) is 4.90 Å². The Hall–Kier alpha value is 0.150. The fourth-order valence-corrected chi connectivity index (χ4v) is 3.59. The molecule has 1 rings (SSSR count). The van der Waals surface area contributed by atoms with Gasteiger partial charge in [0, 0.05) is 17.1 Å². The monoisotopic (exact) mass is 390 g/mol. The molecule has 4 nitrogen and oxygen atoms in total. The highest BCUT2D eigenvalue weighted by Crippen LogP contribution is 2.24. The molecule has 1 aromatic carbocycles. The fraction of sp³-hybridized carbons (Fsp3) is 0.455. The van der Waals surface area contributed by atoms with Crippen LogP contribution >= 0.6 is 39.9 Å². The molecule has 0 heterocycles. The second-order valence-corrected chi connectivity index (χ2v) is 6.94. The number of halogens is 3. The lowest BCUT2D eigenvalue weighted by atomic mass is 10.3. The number of rotatable bonds is 6. The zero-order valence-electron chi connectivity index (χ0n) is 10.6. The van der Waals surface area contributed by atoms with E-state index >= 15 is 0 Å². The first-order valence-electron chi connectivity index (χ1n) is 5.55. The maximum atomic E-state index is 12.0. The number of sulfonamides is 1. The first-order valence-corrected chi connectivity index (χ1v) is 8.20. The van der Waals surface area contributed by atoms with E-state index in [4.69, 9.17) is 11.6 Å². The van der Waals surface area contributed by atoms with Crippen molar-refractivity contribution in [3.8, 4) is 0 Å². The third-order valence-electron chi connectivity index (χ3n) is 2.32. The van der Waals surface area contributed by atoms with Crippen LogP contribution in [-0.2, 0) is 10.0 Å². The van der Waals surface area contributed by atoms with Crippen molar-refractivity contribution in [2.75, 3.05) is 13.1 Å². The van der Waals surface area contributed by atoms with E-state index < -0.39 is 10.0 Å². The van der Waals surface area contributed by atoms with E-state index in [0.717, 1.165) is 11.0 Å². The summed E-state index contributed by atoms with van der Waals surface area (Å²) in [6.07, 6.45) is 0. The number of benzene rings is 1. The van der Waals surface area contributed by atoms with Crippen molar-refractivity contribution >= 4 is 50.0 Å². The third kappa shape index (κ3) is 5.97. The highest BCUT2D eigenvalue weighted by atomic mass is 79.9. The molecule has 0 unspecified atom stereocenters. The molecule has 0 saturated carbocycles. The molecule has 0 radical (unpaired) electrons. The van der Waals surface area contributed by atoms with Crippen molar-refractivity contribution in [3.05, 3.63) is 27.7 Å². The molecule has 0 aliphatic rings. The number of likely N-dealkylation sites (N-methyl/N-ethyl adjacent to an activating group) is 1. The number of hydrogen-bond acceptors (Lipinski definition) is 3. The van der Waals surface area contributed by atoms with Crippen LogP contribution in [0.2, 0.25) is 5.02 Å². The predicted molar refractivity (Wildman–Crippen MR) is 84.7 cm³/mol. The average molecular weight is 392 g/mol. The standard InChI is InChI=1S/C11H16BrClN2O2S.ClH/c1-3-14-8(2)7-15-18(16,17)11-5-4-9(12)6-10(11)13;/h4-6,8,14-15H,3,7H2,1-2H3;1H/t8-;/m1./s1. The van der Waals surface area contributed by atoms with Gasteiger partial charge in [-0.05, 0) is 31.7 Å². The van der Waals surface area contributed by atoms with Crippen molar-refractivity contribution in [1.29, 1.82) is 0 Å². The van der Waals surface area contributed by atoms with Crippen molar-refractivity contribution in [1.82, 2.24) is 10.0 Å². The van der Waals surface area contributed by atoms with Gasteiger partial charge in [-0.25, -0.2) is 13.1 Å². The minimum atomic E-state index is -3.56. The maximum absolute atomic E-state index is 12.0. The summed E-state index contributed by atoms with van der Waals surface area (Å²) < 4.78 is 27.3. The van der Waals surface area contributed by atoms with Gasteiger partial charge < -0.3 is 5.32 Å². The van der Waals surface area contributed by atoms with E-state index in [1.807, 2.05) is 13.8 Å². The molecular weight excluding hydrogens is 375 g/mol. The smallest absolute Gasteiger partial charge is 0.242 e. The lowest BCUT2D eigenvalue weighted by Crippen LogP contribution is -2.38. The van der Waals surface area contributed by atoms with Gasteiger partial charge >= 0.3 is 0 Å². The molecule has 1 aromatic rings. The van der Waals surface area contributed by atoms with Crippen LogP contribution in [0.3, 0.4) is 0 Å². The van der Waals surface area contributed by atoms with Gasteiger partial charge in [0.25, 0.3) is 0 Å². The molecule has 0 amide bonds. The van der Waals surface area contributed by atoms with Crippen LogP contribution in [-0.4, -0.2) is 27.5 Å². The average Bonchev–Trinajstić information content (AvgIpc) is 2.26. The lowest BCUT2D eigenvalue weighted by Gasteiger charge is -2.14. The summed E-state index contributed by atoms with van der Waals surface area (Å²) in [6.45, 7) is 5.00. The minimum absolute atomic E-state index is 0. The molecule has 2 N–H and O–H groups in total. The Morgan fingerprint density at radius 2 is 2.05 bits per heavy atom. The zero-order valence-corrected chi connectivity index (χ0v) is 14.6. The Labute approximate surface area is 133 Å². The maximum Gasteiger partial charge on any atom is 0.242 e. The van der Waals surface area contributed by atoms with E-state index in [2.05, 4.69) is 26.0 Å². The van der Waals surface area contributed by atoms with Crippen molar-refractivity contribution in [2.45, 2.75) is 24.8 Å². The second-order valence-electron chi connectivity index (χ2n) is 3.89. The molecule has 110 valence electrons. The minimum Gasteiger partial charge on any atom is -0.313 e. The van der Waals surface area contributed by atoms with Gasteiger partial charge in [-0.1, -0.05) is 34.5 Å². The Kier molecular flexibility index (Phi) is 8.51. The SMILES string of the molecule is CCN[C@H](C)CNS(=O)(=O)c1ccc(Br)cc1Cl.Cl. The van der Waals surface area contributed by atoms with E-state index in [-0.39, 0.29) is 28.4 Å². The number of nitrogens with one attached hydrogen (secondary N) is 2. The van der Waals surface area contributed by atoms with Crippen molar-refractivity contribution in [3.63, 3.8) is 0 Å². The van der Waals surface area contributed by atoms with Crippen molar-refractivity contribution < 1.29 is 8.42 Å². The summed E-state index contributed by atoms with van der Waals surface area (Å²) >= 11 is 9.16. The molecular formula is C11H17BrCl2N2O2S. The first-order chi connectivity index (χ1) is 8.36. The predicted octanol–water partition coefficient (Wildman–Crippen LogP) is 2.80. The van der Waals surface area contributed by atoms with E-state index in [0.29, 0.717) is 6.54 Å². The van der Waals surface area contributed by atoms with Gasteiger partial charge in [0.15, 0.2) is 0 Å². The molecule has 0 spiro atoms. The van der Waals surface area contributed by atoms with Gasteiger partial charge in [-0.3, -0.25) is 0 Å². The normalized spacial score (nSPS) is 12.8. The van der Waals surface area contributed by atoms with Gasteiger partial charge in [0.05, 0.1) is 5.02 Å². The van der Waals surface area contributed by atoms with Gasteiger partial charge in [0.2, 0.25) is 10.0 Å². The Morgan fingerprint density at radius 3 is 2.58 bits per heavy atom. The molecule has 8 heteroatoms. The summed E-state index contributed by atoms with van der Waals surface area (Å²) in [7, 11) is -3.56. The van der Waals surface area contributed by atoms with Crippen LogP contribution in [0, 0.1) is 0 Å². The molecule has 19 heavy (non-hydrogen) atoms. The van der Waals surface area contributed by atoms with E-state index in [1.165, 1.54) is 6.07 Å². The molecule has 0 aliphatic heterocycles. The second kappa shape index (κ2) is 8.44. The summed E-state index contributed by atoms with van der Waals surface area (Å²) in [5.41, 5.74) is 0. The quantitative estimate of drug-likeness (QED) is 0.783. The Morgan fingerprint density at radius 1 is 1.42 bits per heavy atom. The van der Waals surface area contributed by atoms with E-state index in [1.54, 1.807) is 12.1 Å². The Balaban J connectivity index is 0.00000324. The topological polar surface area (TPSA) is 58.2 Å². The van der Waals surface area contributed by atoms with Crippen LogP contribution in [0.1, 0.15) is 13.8 Å². The molecule has 0 saturated heterocycles. The molecule has 0 aromatic heterocycles. The largest absolute Gasteiger partial charge is 0.313 e. The van der Waals surface area contributed by atoms with E-state index in [9.17, 15) is 8.42 Å². The summed E-state index contributed by atoms with van der Waals surface area (Å²) in [5, 5.41) is 3.33. The van der Waals surface area contributed by atoms with Crippen molar-refractivity contribution in [2.24, 2.45) is 0 Å². The van der Waals surface area contributed by atoms with Crippen LogP contribution in [0.5, 0.6) is 0 Å². The molecule has 1 atom stereocenters. The highest BCUT2D eigenvalue weighted by molar-refractivity contribution is 9.10. The van der Waals surface area contributed by atoms with Gasteiger partial charge in [-0.15, -0.1) is 12.4 Å². The Bertz CT molecular complexity index is 511. The van der Waals surface area contributed by atoms with Crippen LogP contribution < -0.4 is 10.0 Å². The number of hydrogen-bond donors (Lipinski definition) is 2. The fourth-order valence-electron chi connectivity index (χ4n) is 1.43. The van der Waals surface area contributed by atoms with Crippen LogP contribution in [0.4, 0.5) is 0 Å². The highest BCUT2D eigenvalue weighted by Gasteiger charge is 2.18. The molecule has 0 bridgehead atoms.